The van der Waals surface area contributed by atoms with Crippen LogP contribution in [0, 0.1) is 0 Å². The lowest BCUT2D eigenvalue weighted by molar-refractivity contribution is 1.25. The van der Waals surface area contributed by atoms with Crippen LogP contribution in [0.5, 0.6) is 0 Å². The van der Waals surface area contributed by atoms with Gasteiger partial charge in [0.1, 0.15) is 23.2 Å². The Hall–Kier alpha value is -2.95. The molecule has 0 radical (unpaired) electrons. The first-order valence-electron chi connectivity index (χ1n) is 9.60. The van der Waals surface area contributed by atoms with Crippen molar-refractivity contribution in [3.05, 3.63) is 139 Å². The van der Waals surface area contributed by atoms with Gasteiger partial charge < -0.3 is 0 Å². The molecule has 0 N–H and O–H groups in total. The van der Waals surface area contributed by atoms with Crippen LogP contribution in [0.3, 0.4) is 0 Å². The molecule has 4 aromatic carbocycles. The topological polar surface area (TPSA) is 0 Å². The zero-order chi connectivity index (χ0) is 19.2. The lowest BCUT2D eigenvalue weighted by Gasteiger charge is -2.29. The first kappa shape index (κ1) is 18.4. The average Bonchev–Trinajstić information content (AvgIpc) is 2.77. The molecule has 0 aliphatic rings. The molecule has 0 aromatic heterocycles. The lowest BCUT2D eigenvalue weighted by atomic mass is 10.1. The molecule has 0 heterocycles. The van der Waals surface area contributed by atoms with Crippen LogP contribution in [-0.4, -0.2) is 0 Å². The zero-order valence-corrected chi connectivity index (χ0v) is 16.8. The minimum Gasteiger partial charge on any atom is -0.0622 e. The average molecular weight is 379 g/mol. The summed E-state index contributed by atoms with van der Waals surface area (Å²) in [5, 5.41) is 5.34. The number of hydrogen-bond acceptors (Lipinski definition) is 0. The van der Waals surface area contributed by atoms with Gasteiger partial charge in [0.25, 0.3) is 0 Å². The number of rotatable bonds is 6. The summed E-state index contributed by atoms with van der Waals surface area (Å²) in [5.74, 6) is 0. The SMILES string of the molecule is C=C(Cc1ccccc1)[P+](c1ccccc1)(c1ccccc1)c1ccccc1. The Morgan fingerprint density at radius 1 is 0.500 bits per heavy atom. The van der Waals surface area contributed by atoms with Gasteiger partial charge in [-0.25, -0.2) is 0 Å². The van der Waals surface area contributed by atoms with Crippen molar-refractivity contribution in [3.63, 3.8) is 0 Å². The van der Waals surface area contributed by atoms with Crippen molar-refractivity contribution < 1.29 is 0 Å². The van der Waals surface area contributed by atoms with E-state index in [0.717, 1.165) is 6.42 Å². The molecule has 0 aliphatic heterocycles. The number of benzene rings is 4. The van der Waals surface area contributed by atoms with Crippen molar-refractivity contribution in [3.8, 4) is 0 Å². The van der Waals surface area contributed by atoms with Crippen molar-refractivity contribution in [2.45, 2.75) is 6.42 Å². The van der Waals surface area contributed by atoms with Crippen LogP contribution in [0.1, 0.15) is 5.56 Å². The van der Waals surface area contributed by atoms with E-state index in [4.69, 9.17) is 6.58 Å². The summed E-state index contributed by atoms with van der Waals surface area (Å²) in [7, 11) is -2.00. The van der Waals surface area contributed by atoms with Gasteiger partial charge in [-0.15, -0.1) is 0 Å². The molecule has 0 atom stereocenters. The highest BCUT2D eigenvalue weighted by Gasteiger charge is 2.48. The molecule has 0 aliphatic carbocycles. The van der Waals surface area contributed by atoms with E-state index >= 15 is 0 Å². The first-order chi connectivity index (χ1) is 13.8. The van der Waals surface area contributed by atoms with Gasteiger partial charge in [-0.2, -0.15) is 0 Å². The first-order valence-corrected chi connectivity index (χ1v) is 11.4. The molecule has 28 heavy (non-hydrogen) atoms. The summed E-state index contributed by atoms with van der Waals surface area (Å²) >= 11 is 0. The van der Waals surface area contributed by atoms with Gasteiger partial charge in [0, 0.05) is 6.42 Å². The van der Waals surface area contributed by atoms with Gasteiger partial charge in [0.2, 0.25) is 0 Å². The molecule has 0 bridgehead atoms. The third kappa shape index (κ3) is 3.44. The second-order valence-electron chi connectivity index (χ2n) is 6.91. The lowest BCUT2D eigenvalue weighted by Crippen LogP contribution is -2.32. The van der Waals surface area contributed by atoms with E-state index in [1.165, 1.54) is 26.8 Å². The molecule has 136 valence electrons. The van der Waals surface area contributed by atoms with E-state index in [0.29, 0.717) is 0 Å². The molecule has 0 spiro atoms. The van der Waals surface area contributed by atoms with Crippen LogP contribution in [0.25, 0.3) is 0 Å². The predicted molar refractivity (Wildman–Crippen MR) is 124 cm³/mol. The second-order valence-corrected chi connectivity index (χ2v) is 10.4. The third-order valence-electron chi connectivity index (χ3n) is 5.16. The normalized spacial score (nSPS) is 11.1. The maximum Gasteiger partial charge on any atom is 0.139 e. The monoisotopic (exact) mass is 379 g/mol. The van der Waals surface area contributed by atoms with Gasteiger partial charge in [0.05, 0.1) is 5.31 Å². The minimum absolute atomic E-state index is 0.868. The third-order valence-corrected chi connectivity index (χ3v) is 9.48. The van der Waals surface area contributed by atoms with Crippen LogP contribution in [0.4, 0.5) is 0 Å². The molecule has 0 amide bonds. The Bertz CT molecular complexity index is 926. The summed E-state index contributed by atoms with van der Waals surface area (Å²) in [6.07, 6.45) is 0.868. The van der Waals surface area contributed by atoms with E-state index in [1.807, 2.05) is 0 Å². The summed E-state index contributed by atoms with van der Waals surface area (Å²) in [4.78, 5) is 0. The van der Waals surface area contributed by atoms with Gasteiger partial charge >= 0.3 is 0 Å². The van der Waals surface area contributed by atoms with Crippen molar-refractivity contribution in [2.75, 3.05) is 0 Å². The van der Waals surface area contributed by atoms with Gasteiger partial charge in [-0.1, -0.05) is 91.5 Å². The van der Waals surface area contributed by atoms with Crippen molar-refractivity contribution in [1.82, 2.24) is 0 Å². The maximum absolute atomic E-state index is 4.70. The van der Waals surface area contributed by atoms with E-state index in [2.05, 4.69) is 121 Å². The quantitative estimate of drug-likeness (QED) is 0.375. The second kappa shape index (κ2) is 8.38. The Balaban J connectivity index is 1.97. The molecule has 0 nitrogen and oxygen atoms in total. The Morgan fingerprint density at radius 2 is 0.821 bits per heavy atom. The molecule has 0 fully saturated rings. The standard InChI is InChI=1S/C27H24P/c1-23(22-24-14-6-2-7-15-24)28(25-16-8-3-9-17-25,26-18-10-4-11-19-26)27-20-12-5-13-21-27/h2-21H,1,22H2/q+1. The molecule has 1 heteroatoms. The maximum atomic E-state index is 4.70. The predicted octanol–water partition coefficient (Wildman–Crippen LogP) is 5.74. The molecule has 4 aromatic rings. The van der Waals surface area contributed by atoms with Gasteiger partial charge in [-0.05, 0) is 42.0 Å². The zero-order valence-electron chi connectivity index (χ0n) is 15.9. The highest BCUT2D eigenvalue weighted by Crippen LogP contribution is 2.62. The molecule has 0 saturated heterocycles. The Labute approximate surface area is 168 Å². The van der Waals surface area contributed by atoms with E-state index in [9.17, 15) is 0 Å². The Morgan fingerprint density at radius 3 is 1.18 bits per heavy atom. The summed E-state index contributed by atoms with van der Waals surface area (Å²) in [5.41, 5.74) is 1.31. The minimum atomic E-state index is -2.00. The van der Waals surface area contributed by atoms with Crippen molar-refractivity contribution in [1.29, 1.82) is 0 Å². The van der Waals surface area contributed by atoms with E-state index < -0.39 is 7.26 Å². The Kier molecular flexibility index (Phi) is 5.51. The molecule has 0 saturated carbocycles. The van der Waals surface area contributed by atoms with Crippen LogP contribution in [0.15, 0.2) is 133 Å². The van der Waals surface area contributed by atoms with Crippen LogP contribution < -0.4 is 15.9 Å². The fourth-order valence-electron chi connectivity index (χ4n) is 3.90. The molecular formula is C27H24P+. The number of hydrogen-bond donors (Lipinski definition) is 0. The molecular weight excluding hydrogens is 355 g/mol. The fraction of sp³-hybridized carbons (Fsp3) is 0.0370. The van der Waals surface area contributed by atoms with Crippen LogP contribution in [0.2, 0.25) is 0 Å². The van der Waals surface area contributed by atoms with Gasteiger partial charge in [-0.3, -0.25) is 0 Å². The van der Waals surface area contributed by atoms with Crippen molar-refractivity contribution >= 4 is 23.2 Å². The van der Waals surface area contributed by atoms with E-state index in [1.54, 1.807) is 0 Å². The van der Waals surface area contributed by atoms with Gasteiger partial charge in [0.15, 0.2) is 0 Å². The fourth-order valence-corrected chi connectivity index (χ4v) is 8.17. The largest absolute Gasteiger partial charge is 0.139 e. The smallest absolute Gasteiger partial charge is 0.0622 e. The summed E-state index contributed by atoms with van der Waals surface area (Å²) in [6, 6.07) is 43.4. The van der Waals surface area contributed by atoms with Crippen LogP contribution in [-0.2, 0) is 6.42 Å². The summed E-state index contributed by atoms with van der Waals surface area (Å²) < 4.78 is 0. The van der Waals surface area contributed by atoms with Crippen molar-refractivity contribution in [2.24, 2.45) is 0 Å². The summed E-state index contributed by atoms with van der Waals surface area (Å²) in [6.45, 7) is 4.70. The molecule has 0 unspecified atom stereocenters. The highest BCUT2D eigenvalue weighted by molar-refractivity contribution is 7.99. The highest BCUT2D eigenvalue weighted by atomic mass is 31.2. The van der Waals surface area contributed by atoms with E-state index in [-0.39, 0.29) is 0 Å². The molecule has 4 rings (SSSR count). The van der Waals surface area contributed by atoms with Crippen LogP contribution >= 0.6 is 7.26 Å². The number of allylic oxidation sites excluding steroid dienone is 1.